The fraction of sp³-hybridized carbons (Fsp3) is 0.833. The minimum absolute atomic E-state index is 0.00519. The second kappa shape index (κ2) is 3.84. The molecule has 0 spiro atoms. The predicted molar refractivity (Wildman–Crippen MR) is 60.5 cm³/mol. The lowest BCUT2D eigenvalue weighted by atomic mass is 9.80. The smallest absolute Gasteiger partial charge is 0.236 e. The van der Waals surface area contributed by atoms with Crippen LogP contribution < -0.4 is 5.73 Å². The Labute approximate surface area is 96.2 Å². The molecule has 1 heterocycles. The van der Waals surface area contributed by atoms with Crippen molar-refractivity contribution in [2.45, 2.75) is 58.0 Å². The first-order valence-corrected chi connectivity index (χ1v) is 6.16. The summed E-state index contributed by atoms with van der Waals surface area (Å²) in [4.78, 5) is 25.7. The highest BCUT2D eigenvalue weighted by Crippen LogP contribution is 2.42. The minimum atomic E-state index is -0.420. The molecule has 0 atom stereocenters. The van der Waals surface area contributed by atoms with Gasteiger partial charge in [-0.2, -0.15) is 0 Å². The van der Waals surface area contributed by atoms with Crippen LogP contribution in [-0.2, 0) is 9.59 Å². The number of likely N-dealkylation sites (tertiary alicyclic amines) is 1. The molecule has 1 saturated heterocycles. The van der Waals surface area contributed by atoms with Gasteiger partial charge in [-0.25, -0.2) is 0 Å². The van der Waals surface area contributed by atoms with Crippen LogP contribution in [0.1, 0.15) is 46.0 Å². The van der Waals surface area contributed by atoms with Crippen molar-refractivity contribution in [3.63, 3.8) is 0 Å². The molecule has 1 saturated carbocycles. The van der Waals surface area contributed by atoms with E-state index in [9.17, 15) is 9.59 Å². The van der Waals surface area contributed by atoms with Gasteiger partial charge in [-0.05, 0) is 25.7 Å². The molecule has 0 bridgehead atoms. The quantitative estimate of drug-likeness (QED) is 0.728. The standard InChI is InChI=1S/C12H20N2O2/c1-3-12(4-2)7-10(15)14(11(12)16)9-5-8(13)6-9/h8-9H,3-7,13H2,1-2H3. The third kappa shape index (κ3) is 1.47. The van der Waals surface area contributed by atoms with Crippen molar-refractivity contribution in [2.24, 2.45) is 11.1 Å². The summed E-state index contributed by atoms with van der Waals surface area (Å²) in [5, 5.41) is 0. The Morgan fingerprint density at radius 2 is 1.88 bits per heavy atom. The molecule has 4 nitrogen and oxygen atoms in total. The lowest BCUT2D eigenvalue weighted by molar-refractivity contribution is -0.146. The third-order valence-corrected chi connectivity index (χ3v) is 4.30. The first kappa shape index (κ1) is 11.6. The second-order valence-corrected chi connectivity index (χ2v) is 5.12. The molecule has 0 unspecified atom stereocenters. The van der Waals surface area contributed by atoms with E-state index in [0.29, 0.717) is 6.42 Å². The Kier molecular flexibility index (Phi) is 2.78. The predicted octanol–water partition coefficient (Wildman–Crippen LogP) is 1.04. The van der Waals surface area contributed by atoms with E-state index >= 15 is 0 Å². The summed E-state index contributed by atoms with van der Waals surface area (Å²) in [5.74, 6) is 0.0463. The number of carbonyl (C=O) groups excluding carboxylic acids is 2. The molecule has 90 valence electrons. The number of hydrogen-bond acceptors (Lipinski definition) is 3. The number of nitrogens with two attached hydrogens (primary N) is 1. The number of nitrogens with zero attached hydrogens (tertiary/aromatic N) is 1. The van der Waals surface area contributed by atoms with Gasteiger partial charge in [0, 0.05) is 18.5 Å². The summed E-state index contributed by atoms with van der Waals surface area (Å²) in [5.41, 5.74) is 5.29. The van der Waals surface area contributed by atoms with Crippen LogP contribution in [0.2, 0.25) is 0 Å². The third-order valence-electron chi connectivity index (χ3n) is 4.30. The normalized spacial score (nSPS) is 33.1. The minimum Gasteiger partial charge on any atom is -0.328 e. The first-order chi connectivity index (χ1) is 7.54. The summed E-state index contributed by atoms with van der Waals surface area (Å²) >= 11 is 0. The van der Waals surface area contributed by atoms with Crippen molar-refractivity contribution in [3.05, 3.63) is 0 Å². The van der Waals surface area contributed by atoms with Gasteiger partial charge in [0.2, 0.25) is 11.8 Å². The molecule has 2 rings (SSSR count). The highest BCUT2D eigenvalue weighted by atomic mass is 16.2. The SMILES string of the molecule is CCC1(CC)CC(=O)N(C2CC(N)C2)C1=O. The van der Waals surface area contributed by atoms with Crippen molar-refractivity contribution in [1.82, 2.24) is 4.90 Å². The molecular weight excluding hydrogens is 204 g/mol. The van der Waals surface area contributed by atoms with Gasteiger partial charge in [0.15, 0.2) is 0 Å². The van der Waals surface area contributed by atoms with Crippen molar-refractivity contribution in [2.75, 3.05) is 0 Å². The van der Waals surface area contributed by atoms with Crippen LogP contribution in [0, 0.1) is 5.41 Å². The van der Waals surface area contributed by atoms with Gasteiger partial charge in [0.05, 0.1) is 5.41 Å². The average Bonchev–Trinajstić information content (AvgIpc) is 2.47. The maximum atomic E-state index is 12.3. The van der Waals surface area contributed by atoms with Crippen LogP contribution in [0.3, 0.4) is 0 Å². The lowest BCUT2D eigenvalue weighted by Crippen LogP contribution is -2.53. The molecule has 1 aliphatic heterocycles. The molecule has 0 radical (unpaired) electrons. The van der Waals surface area contributed by atoms with Crippen LogP contribution in [0.15, 0.2) is 0 Å². The van der Waals surface area contributed by atoms with E-state index in [1.54, 1.807) is 0 Å². The number of carbonyl (C=O) groups is 2. The number of hydrogen-bond donors (Lipinski definition) is 1. The Balaban J connectivity index is 2.16. The van der Waals surface area contributed by atoms with Crippen LogP contribution in [0.25, 0.3) is 0 Å². The highest BCUT2D eigenvalue weighted by molar-refractivity contribution is 6.06. The second-order valence-electron chi connectivity index (χ2n) is 5.12. The summed E-state index contributed by atoms with van der Waals surface area (Å²) in [6.45, 7) is 3.98. The Bertz CT molecular complexity index is 317. The number of amides is 2. The van der Waals surface area contributed by atoms with Gasteiger partial charge >= 0.3 is 0 Å². The van der Waals surface area contributed by atoms with Gasteiger partial charge in [0.1, 0.15) is 0 Å². The number of imide groups is 1. The van der Waals surface area contributed by atoms with Crippen molar-refractivity contribution in [3.8, 4) is 0 Å². The molecule has 0 aromatic carbocycles. The monoisotopic (exact) mass is 224 g/mol. The van der Waals surface area contributed by atoms with E-state index in [-0.39, 0.29) is 23.9 Å². The van der Waals surface area contributed by atoms with Crippen LogP contribution in [0.5, 0.6) is 0 Å². The van der Waals surface area contributed by atoms with Crippen molar-refractivity contribution >= 4 is 11.8 Å². The van der Waals surface area contributed by atoms with Gasteiger partial charge in [-0.1, -0.05) is 13.8 Å². The molecule has 1 aliphatic carbocycles. The van der Waals surface area contributed by atoms with E-state index in [1.165, 1.54) is 4.90 Å². The topological polar surface area (TPSA) is 63.4 Å². The lowest BCUT2D eigenvalue weighted by Gasteiger charge is -2.39. The van der Waals surface area contributed by atoms with E-state index in [1.807, 2.05) is 13.8 Å². The Hall–Kier alpha value is -0.900. The number of rotatable bonds is 3. The zero-order chi connectivity index (χ0) is 11.9. The van der Waals surface area contributed by atoms with E-state index in [2.05, 4.69) is 0 Å². The zero-order valence-corrected chi connectivity index (χ0v) is 10.0. The Morgan fingerprint density at radius 3 is 2.25 bits per heavy atom. The molecule has 4 heteroatoms. The summed E-state index contributed by atoms with van der Waals surface area (Å²) < 4.78 is 0. The van der Waals surface area contributed by atoms with Crippen LogP contribution in [-0.4, -0.2) is 28.8 Å². The molecule has 16 heavy (non-hydrogen) atoms. The zero-order valence-electron chi connectivity index (χ0n) is 10.0. The summed E-state index contributed by atoms with van der Waals surface area (Å²) in [6, 6.07) is 0.249. The molecule has 0 aromatic rings. The van der Waals surface area contributed by atoms with Crippen molar-refractivity contribution < 1.29 is 9.59 Å². The highest BCUT2D eigenvalue weighted by Gasteiger charge is 2.52. The van der Waals surface area contributed by atoms with Gasteiger partial charge in [0.25, 0.3) is 0 Å². The largest absolute Gasteiger partial charge is 0.328 e. The molecule has 2 amide bonds. The maximum absolute atomic E-state index is 12.3. The van der Waals surface area contributed by atoms with Gasteiger partial charge in [-0.15, -0.1) is 0 Å². The fourth-order valence-electron chi connectivity index (χ4n) is 2.83. The molecule has 2 fully saturated rings. The van der Waals surface area contributed by atoms with Crippen LogP contribution >= 0.6 is 0 Å². The Morgan fingerprint density at radius 1 is 1.31 bits per heavy atom. The maximum Gasteiger partial charge on any atom is 0.236 e. The van der Waals surface area contributed by atoms with E-state index in [0.717, 1.165) is 25.7 Å². The van der Waals surface area contributed by atoms with Crippen LogP contribution in [0.4, 0.5) is 0 Å². The fourth-order valence-corrected chi connectivity index (χ4v) is 2.83. The van der Waals surface area contributed by atoms with Gasteiger partial charge in [-0.3, -0.25) is 14.5 Å². The summed E-state index contributed by atoms with van der Waals surface area (Å²) in [6.07, 6.45) is 3.46. The molecule has 2 aliphatic rings. The first-order valence-electron chi connectivity index (χ1n) is 6.16. The van der Waals surface area contributed by atoms with E-state index in [4.69, 9.17) is 5.73 Å². The van der Waals surface area contributed by atoms with Gasteiger partial charge < -0.3 is 5.73 Å². The van der Waals surface area contributed by atoms with E-state index < -0.39 is 5.41 Å². The average molecular weight is 224 g/mol. The molecule has 0 aromatic heterocycles. The molecular formula is C12H20N2O2. The van der Waals surface area contributed by atoms with Crippen molar-refractivity contribution in [1.29, 1.82) is 0 Å². The summed E-state index contributed by atoms with van der Waals surface area (Å²) in [7, 11) is 0. The molecule has 2 N–H and O–H groups in total.